The Labute approximate surface area is 311 Å². The molecular formula is C40H39Cl2N5O5. The van der Waals surface area contributed by atoms with E-state index in [0.717, 1.165) is 55.0 Å². The smallest absolute Gasteiger partial charge is 0.335 e. The summed E-state index contributed by atoms with van der Waals surface area (Å²) < 4.78 is 10.2. The average molecular weight is 741 g/mol. The largest absolute Gasteiger partial charge is 0.494 e. The van der Waals surface area contributed by atoms with Crippen LogP contribution in [-0.4, -0.2) is 54.3 Å². The summed E-state index contributed by atoms with van der Waals surface area (Å²) in [7, 11) is 1.89. The van der Waals surface area contributed by atoms with Crippen molar-refractivity contribution in [1.82, 2.24) is 19.1 Å². The van der Waals surface area contributed by atoms with Crippen LogP contribution in [0.15, 0.2) is 48.7 Å². The summed E-state index contributed by atoms with van der Waals surface area (Å²) in [5.74, 6) is -0.159. The van der Waals surface area contributed by atoms with Gasteiger partial charge in [-0.15, -0.1) is 0 Å². The number of aryl methyl sites for hydroxylation is 6. The number of nitrogens with zero attached hydrogens (tertiary/aromatic N) is 5. The summed E-state index contributed by atoms with van der Waals surface area (Å²) in [6, 6.07) is 12.5. The molecule has 0 saturated carbocycles. The molecule has 0 radical (unpaired) electrons. The fraction of sp³-hybridized carbons (Fsp3) is 0.300. The Hall–Kier alpha value is -4.90. The van der Waals surface area contributed by atoms with Crippen molar-refractivity contribution in [1.29, 1.82) is 0 Å². The molecule has 52 heavy (non-hydrogen) atoms. The molecule has 1 aliphatic heterocycles. The molecule has 0 bridgehead atoms. The van der Waals surface area contributed by atoms with Gasteiger partial charge in [-0.05, 0) is 101 Å². The predicted octanol–water partition coefficient (Wildman–Crippen LogP) is 8.55. The van der Waals surface area contributed by atoms with Crippen LogP contribution in [0.25, 0.3) is 32.9 Å². The van der Waals surface area contributed by atoms with Crippen LogP contribution in [0.2, 0.25) is 10.0 Å². The van der Waals surface area contributed by atoms with E-state index in [1.165, 1.54) is 0 Å². The van der Waals surface area contributed by atoms with Crippen molar-refractivity contribution < 1.29 is 24.5 Å². The highest BCUT2D eigenvalue weighted by molar-refractivity contribution is 6.35. The molecule has 1 aliphatic rings. The first kappa shape index (κ1) is 35.5. The standard InChI is InChI=1S/C40H39Cl2N5O5/c1-20-14-26(15-21(2)36(20)42)52-13-7-8-27-28-10-11-30(41)35(34-23(4)43-33(19-48)44-24(34)5)37(28)47-22(3)17-46(39(49)38(27)47)32-18-45(6)31-12-9-25(40(50)51)16-29(31)32/h9-12,14-16,18,22,48H,7-8,13,17,19H2,1-6H3,(H,50,51)/t22-/m1/s1. The van der Waals surface area contributed by atoms with Gasteiger partial charge >= 0.3 is 5.97 Å². The average Bonchev–Trinajstić information content (AvgIpc) is 3.62. The molecule has 3 aromatic carbocycles. The SMILES string of the molecule is Cc1cc(OCCCc2c3n(c4c(-c5c(C)nc(CO)nc5C)c(Cl)ccc24)[C@H](C)CN(c2cn(C)c4ccc(C(=O)O)cc24)C3=O)cc(C)c1Cl. The molecule has 0 fully saturated rings. The van der Waals surface area contributed by atoms with Crippen molar-refractivity contribution >= 4 is 62.6 Å². The van der Waals surface area contributed by atoms with Gasteiger partial charge in [0.25, 0.3) is 5.91 Å². The first-order valence-electron chi connectivity index (χ1n) is 17.1. The molecule has 2 N–H and O–H groups in total. The number of carbonyl (C=O) groups excluding carboxylic acids is 1. The molecule has 0 saturated heterocycles. The number of hydrogen-bond donors (Lipinski definition) is 2. The van der Waals surface area contributed by atoms with E-state index in [1.54, 1.807) is 23.1 Å². The van der Waals surface area contributed by atoms with E-state index in [9.17, 15) is 19.8 Å². The van der Waals surface area contributed by atoms with Crippen LogP contribution in [0.4, 0.5) is 5.69 Å². The van der Waals surface area contributed by atoms with Gasteiger partial charge in [-0.25, -0.2) is 14.8 Å². The number of amides is 1. The molecule has 6 aromatic rings. The van der Waals surface area contributed by atoms with Crippen molar-refractivity contribution in [3.05, 3.63) is 104 Å². The Bertz CT molecular complexity index is 2400. The number of rotatable bonds is 9. The third-order valence-corrected chi connectivity index (χ3v) is 10.9. The van der Waals surface area contributed by atoms with E-state index in [0.29, 0.717) is 65.0 Å². The molecule has 7 rings (SSSR count). The summed E-state index contributed by atoms with van der Waals surface area (Å²) in [6.07, 6.45) is 3.04. The van der Waals surface area contributed by atoms with E-state index >= 15 is 0 Å². The van der Waals surface area contributed by atoms with Gasteiger partial charge in [-0.3, -0.25) is 4.79 Å². The van der Waals surface area contributed by atoms with Crippen LogP contribution in [-0.2, 0) is 20.1 Å². The number of aromatic carboxylic acids is 1. The quantitative estimate of drug-likeness (QED) is 0.143. The fourth-order valence-electron chi connectivity index (χ4n) is 7.74. The van der Waals surface area contributed by atoms with Gasteiger partial charge in [0.2, 0.25) is 0 Å². The lowest BCUT2D eigenvalue weighted by Gasteiger charge is -2.34. The van der Waals surface area contributed by atoms with Crippen LogP contribution in [0.3, 0.4) is 0 Å². The molecule has 0 aliphatic carbocycles. The normalized spacial score (nSPS) is 14.4. The number of ether oxygens (including phenoxy) is 1. The van der Waals surface area contributed by atoms with Gasteiger partial charge in [-0.1, -0.05) is 29.3 Å². The minimum atomic E-state index is -1.03. The number of aliphatic hydroxyl groups excluding tert-OH is 1. The Morgan fingerprint density at radius 2 is 1.67 bits per heavy atom. The van der Waals surface area contributed by atoms with Gasteiger partial charge in [-0.2, -0.15) is 0 Å². The zero-order valence-electron chi connectivity index (χ0n) is 29.8. The maximum absolute atomic E-state index is 15.0. The van der Waals surface area contributed by atoms with E-state index in [1.807, 2.05) is 69.8 Å². The third-order valence-electron chi connectivity index (χ3n) is 10.0. The zero-order chi connectivity index (χ0) is 37.2. The molecule has 0 spiro atoms. The highest BCUT2D eigenvalue weighted by Crippen LogP contribution is 2.45. The molecule has 4 heterocycles. The van der Waals surface area contributed by atoms with Crippen molar-refractivity contribution in [3.63, 3.8) is 0 Å². The number of benzene rings is 3. The lowest BCUT2D eigenvalue weighted by molar-refractivity contribution is 0.0696. The minimum Gasteiger partial charge on any atom is -0.494 e. The molecule has 0 unspecified atom stereocenters. The zero-order valence-corrected chi connectivity index (χ0v) is 31.4. The van der Waals surface area contributed by atoms with Crippen LogP contribution in [0, 0.1) is 27.7 Å². The maximum atomic E-state index is 15.0. The van der Waals surface area contributed by atoms with Crippen LogP contribution in [0.1, 0.15) is 74.1 Å². The number of aromatic nitrogens is 4. The first-order chi connectivity index (χ1) is 24.8. The van der Waals surface area contributed by atoms with E-state index in [2.05, 4.69) is 21.5 Å². The van der Waals surface area contributed by atoms with Crippen molar-refractivity contribution in [2.75, 3.05) is 18.1 Å². The Balaban J connectivity index is 1.39. The van der Waals surface area contributed by atoms with Gasteiger partial charge in [0.05, 0.1) is 28.4 Å². The number of aliphatic hydroxyl groups is 1. The lowest BCUT2D eigenvalue weighted by atomic mass is 9.97. The molecule has 1 atom stereocenters. The number of carboxylic acid groups (broad SMARTS) is 1. The molecule has 3 aromatic heterocycles. The van der Waals surface area contributed by atoms with Crippen molar-refractivity contribution in [2.24, 2.45) is 7.05 Å². The topological polar surface area (TPSA) is 123 Å². The molecule has 10 nitrogen and oxygen atoms in total. The second-order valence-corrected chi connectivity index (χ2v) is 14.4. The van der Waals surface area contributed by atoms with Gasteiger partial charge in [0.15, 0.2) is 5.82 Å². The van der Waals surface area contributed by atoms with Crippen molar-refractivity contribution in [2.45, 2.75) is 60.1 Å². The summed E-state index contributed by atoms with van der Waals surface area (Å²) in [5, 5.41) is 22.4. The number of carbonyl (C=O) groups is 2. The van der Waals surface area contributed by atoms with E-state index in [4.69, 9.17) is 27.9 Å². The summed E-state index contributed by atoms with van der Waals surface area (Å²) >= 11 is 13.5. The maximum Gasteiger partial charge on any atom is 0.335 e. The molecular weight excluding hydrogens is 701 g/mol. The third kappa shape index (κ3) is 5.88. The highest BCUT2D eigenvalue weighted by atomic mass is 35.5. The fourth-order valence-corrected chi connectivity index (χ4v) is 8.10. The van der Waals surface area contributed by atoms with Gasteiger partial charge in [0, 0.05) is 69.7 Å². The second kappa shape index (κ2) is 13.6. The Morgan fingerprint density at radius 3 is 2.33 bits per heavy atom. The molecule has 1 amide bonds. The molecule has 268 valence electrons. The Morgan fingerprint density at radius 1 is 0.981 bits per heavy atom. The summed E-state index contributed by atoms with van der Waals surface area (Å²) in [5.41, 5.74) is 8.58. The summed E-state index contributed by atoms with van der Waals surface area (Å²) in [4.78, 5) is 37.8. The van der Waals surface area contributed by atoms with Crippen LogP contribution < -0.4 is 9.64 Å². The van der Waals surface area contributed by atoms with Crippen molar-refractivity contribution in [3.8, 4) is 16.9 Å². The molecule has 12 heteroatoms. The number of anilines is 1. The number of carboxylic acids is 1. The second-order valence-electron chi connectivity index (χ2n) is 13.6. The first-order valence-corrected chi connectivity index (χ1v) is 17.9. The minimum absolute atomic E-state index is 0.151. The van der Waals surface area contributed by atoms with E-state index < -0.39 is 5.97 Å². The van der Waals surface area contributed by atoms with Crippen LogP contribution in [0.5, 0.6) is 5.75 Å². The summed E-state index contributed by atoms with van der Waals surface area (Å²) in [6.45, 7) is 10.2. The van der Waals surface area contributed by atoms with Gasteiger partial charge < -0.3 is 29.0 Å². The Kier molecular flexibility index (Phi) is 9.27. The highest BCUT2D eigenvalue weighted by Gasteiger charge is 2.37. The van der Waals surface area contributed by atoms with Gasteiger partial charge in [0.1, 0.15) is 18.1 Å². The lowest BCUT2D eigenvalue weighted by Crippen LogP contribution is -2.42. The number of fused-ring (bicyclic) bond motifs is 4. The number of halogens is 2. The predicted molar refractivity (Wildman–Crippen MR) is 204 cm³/mol. The van der Waals surface area contributed by atoms with Crippen LogP contribution >= 0.6 is 23.2 Å². The number of hydrogen-bond acceptors (Lipinski definition) is 6. The monoisotopic (exact) mass is 739 g/mol. The van der Waals surface area contributed by atoms with E-state index in [-0.39, 0.29) is 24.1 Å².